The van der Waals surface area contributed by atoms with Crippen LogP contribution in [0.2, 0.25) is 0 Å². The van der Waals surface area contributed by atoms with Gasteiger partial charge in [-0.25, -0.2) is 4.39 Å². The summed E-state index contributed by atoms with van der Waals surface area (Å²) in [4.78, 5) is 0. The summed E-state index contributed by atoms with van der Waals surface area (Å²) in [7, 11) is -0.842. The highest BCUT2D eigenvalue weighted by Crippen LogP contribution is 2.28. The molecule has 0 bridgehead atoms. The molecule has 0 saturated carbocycles. The Morgan fingerprint density at radius 1 is 1.50 bits per heavy atom. The normalized spacial score (nSPS) is 13.8. The molecule has 0 spiro atoms. The zero-order chi connectivity index (χ0) is 15.1. The Bertz CT molecular complexity index is 469. The Morgan fingerprint density at radius 3 is 2.80 bits per heavy atom. The van der Waals surface area contributed by atoms with E-state index < -0.39 is 16.6 Å². The first-order chi connectivity index (χ1) is 9.45. The fraction of sp³-hybridized carbons (Fsp3) is 0.571. The number of halogens is 1. The van der Waals surface area contributed by atoms with E-state index in [9.17, 15) is 8.60 Å². The van der Waals surface area contributed by atoms with Gasteiger partial charge in [0.05, 0.1) is 18.0 Å². The maximum Gasteiger partial charge on any atom is 0.167 e. The lowest BCUT2D eigenvalue weighted by atomic mass is 10.2. The van der Waals surface area contributed by atoms with E-state index >= 15 is 0 Å². The Balaban J connectivity index is 2.67. The summed E-state index contributed by atoms with van der Waals surface area (Å²) < 4.78 is 30.2. The number of nitrogens with one attached hydrogen (secondary N) is 1. The van der Waals surface area contributed by atoms with E-state index in [4.69, 9.17) is 10.5 Å². The molecule has 114 valence electrons. The predicted molar refractivity (Wildman–Crippen MR) is 83.2 cm³/mol. The van der Waals surface area contributed by atoms with E-state index in [0.29, 0.717) is 24.5 Å². The standard InChI is InChI=1S/C14H23FN2O2S/c1-4-7-19-14-9-13(12(16)8-11(14)15)17-6-5-10(2)20(3)18/h8-10,17H,4-7,16H2,1-3H3. The summed E-state index contributed by atoms with van der Waals surface area (Å²) in [6, 6.07) is 2.84. The lowest BCUT2D eigenvalue weighted by molar-refractivity contribution is 0.301. The number of rotatable bonds is 8. The highest BCUT2D eigenvalue weighted by Gasteiger charge is 2.10. The molecule has 0 radical (unpaired) electrons. The van der Waals surface area contributed by atoms with E-state index in [2.05, 4.69) is 5.32 Å². The zero-order valence-corrected chi connectivity index (χ0v) is 13.1. The molecule has 2 unspecified atom stereocenters. The first-order valence-electron chi connectivity index (χ1n) is 6.73. The van der Waals surface area contributed by atoms with Gasteiger partial charge in [0.1, 0.15) is 0 Å². The van der Waals surface area contributed by atoms with Crippen LogP contribution in [0, 0.1) is 5.82 Å². The Kier molecular flexibility index (Phi) is 6.78. The van der Waals surface area contributed by atoms with Gasteiger partial charge in [0.15, 0.2) is 11.6 Å². The molecule has 0 amide bonds. The number of ether oxygens (including phenoxy) is 1. The van der Waals surface area contributed by atoms with E-state index in [1.165, 1.54) is 6.07 Å². The van der Waals surface area contributed by atoms with Gasteiger partial charge in [-0.15, -0.1) is 0 Å². The summed E-state index contributed by atoms with van der Waals surface area (Å²) in [5, 5.41) is 3.25. The highest BCUT2D eigenvalue weighted by molar-refractivity contribution is 7.84. The van der Waals surface area contributed by atoms with Crippen LogP contribution in [0.25, 0.3) is 0 Å². The number of hydrogen-bond acceptors (Lipinski definition) is 4. The summed E-state index contributed by atoms with van der Waals surface area (Å²) >= 11 is 0. The summed E-state index contributed by atoms with van der Waals surface area (Å²) in [5.41, 5.74) is 6.77. The van der Waals surface area contributed by atoms with Gasteiger partial charge in [-0.05, 0) is 12.8 Å². The smallest absolute Gasteiger partial charge is 0.167 e. The molecule has 0 aliphatic heterocycles. The van der Waals surface area contributed by atoms with Crippen molar-refractivity contribution in [2.75, 3.05) is 30.5 Å². The number of hydrogen-bond donors (Lipinski definition) is 2. The fourth-order valence-corrected chi connectivity index (χ4v) is 2.07. The van der Waals surface area contributed by atoms with Gasteiger partial charge >= 0.3 is 0 Å². The molecule has 1 rings (SSSR count). The Hall–Kier alpha value is -1.30. The van der Waals surface area contributed by atoms with Crippen LogP contribution in [0.15, 0.2) is 12.1 Å². The third-order valence-corrected chi connectivity index (χ3v) is 4.37. The molecule has 0 aliphatic carbocycles. The fourth-order valence-electron chi connectivity index (χ4n) is 1.62. The molecule has 4 nitrogen and oxygen atoms in total. The molecule has 2 atom stereocenters. The van der Waals surface area contributed by atoms with Crippen molar-refractivity contribution in [1.29, 1.82) is 0 Å². The van der Waals surface area contributed by atoms with Crippen LogP contribution >= 0.6 is 0 Å². The average Bonchev–Trinajstić information content (AvgIpc) is 2.39. The Morgan fingerprint density at radius 2 is 2.20 bits per heavy atom. The number of nitrogen functional groups attached to an aromatic ring is 1. The van der Waals surface area contributed by atoms with E-state index in [0.717, 1.165) is 12.8 Å². The maximum absolute atomic E-state index is 13.6. The second-order valence-corrected chi connectivity index (χ2v) is 6.54. The minimum atomic E-state index is -0.842. The molecule has 6 heteroatoms. The van der Waals surface area contributed by atoms with Crippen molar-refractivity contribution in [3.63, 3.8) is 0 Å². The minimum absolute atomic E-state index is 0.111. The number of nitrogens with two attached hydrogens (primary N) is 1. The third kappa shape index (κ3) is 5.00. The van der Waals surface area contributed by atoms with Crippen molar-refractivity contribution in [2.45, 2.75) is 31.9 Å². The molecule has 1 aromatic carbocycles. The van der Waals surface area contributed by atoms with Crippen LogP contribution in [0.1, 0.15) is 26.7 Å². The lowest BCUT2D eigenvalue weighted by Gasteiger charge is -2.14. The van der Waals surface area contributed by atoms with Crippen LogP contribution in [0.3, 0.4) is 0 Å². The number of benzene rings is 1. The van der Waals surface area contributed by atoms with Crippen LogP contribution in [-0.4, -0.2) is 28.9 Å². The first-order valence-corrected chi connectivity index (χ1v) is 8.35. The van der Waals surface area contributed by atoms with E-state index in [-0.39, 0.29) is 11.0 Å². The predicted octanol–water partition coefficient (Wildman–Crippen LogP) is 2.77. The lowest BCUT2D eigenvalue weighted by Crippen LogP contribution is -2.15. The van der Waals surface area contributed by atoms with Crippen molar-refractivity contribution < 1.29 is 13.3 Å². The van der Waals surface area contributed by atoms with Crippen molar-refractivity contribution in [3.05, 3.63) is 17.9 Å². The molecular weight excluding hydrogens is 279 g/mol. The van der Waals surface area contributed by atoms with Crippen LogP contribution in [0.4, 0.5) is 15.8 Å². The van der Waals surface area contributed by atoms with Crippen LogP contribution in [0.5, 0.6) is 5.75 Å². The monoisotopic (exact) mass is 302 g/mol. The molecule has 3 N–H and O–H groups in total. The molecule has 0 heterocycles. The van der Waals surface area contributed by atoms with Gasteiger partial charge < -0.3 is 15.8 Å². The second kappa shape index (κ2) is 8.09. The quantitative estimate of drug-likeness (QED) is 0.725. The van der Waals surface area contributed by atoms with Crippen molar-refractivity contribution in [2.24, 2.45) is 0 Å². The van der Waals surface area contributed by atoms with Gasteiger partial charge in [-0.3, -0.25) is 4.21 Å². The molecule has 0 aromatic heterocycles. The minimum Gasteiger partial charge on any atom is -0.490 e. The van der Waals surface area contributed by atoms with Crippen molar-refractivity contribution in [3.8, 4) is 5.75 Å². The SMILES string of the molecule is CCCOc1cc(NCCC(C)S(C)=O)c(N)cc1F. The van der Waals surface area contributed by atoms with Crippen LogP contribution < -0.4 is 15.8 Å². The van der Waals surface area contributed by atoms with Crippen molar-refractivity contribution in [1.82, 2.24) is 0 Å². The molecule has 1 aromatic rings. The Labute approximate surface area is 122 Å². The number of anilines is 2. The van der Waals surface area contributed by atoms with Gasteiger partial charge in [0.2, 0.25) is 0 Å². The molecular formula is C14H23FN2O2S. The van der Waals surface area contributed by atoms with Gasteiger partial charge in [0.25, 0.3) is 0 Å². The molecule has 0 saturated heterocycles. The molecule has 20 heavy (non-hydrogen) atoms. The van der Waals surface area contributed by atoms with E-state index in [1.54, 1.807) is 12.3 Å². The third-order valence-electron chi connectivity index (χ3n) is 3.00. The summed E-state index contributed by atoms with van der Waals surface area (Å²) in [6.45, 7) is 4.98. The van der Waals surface area contributed by atoms with Gasteiger partial charge in [-0.1, -0.05) is 13.8 Å². The van der Waals surface area contributed by atoms with Gasteiger partial charge in [-0.2, -0.15) is 0 Å². The molecule has 0 fully saturated rings. The van der Waals surface area contributed by atoms with Crippen molar-refractivity contribution >= 4 is 22.2 Å². The second-order valence-electron chi connectivity index (χ2n) is 4.74. The highest BCUT2D eigenvalue weighted by atomic mass is 32.2. The summed E-state index contributed by atoms with van der Waals surface area (Å²) in [5.74, 6) is -0.250. The zero-order valence-electron chi connectivity index (χ0n) is 12.2. The summed E-state index contributed by atoms with van der Waals surface area (Å²) in [6.07, 6.45) is 3.26. The first kappa shape index (κ1) is 16.8. The average molecular weight is 302 g/mol. The van der Waals surface area contributed by atoms with E-state index in [1.807, 2.05) is 13.8 Å². The maximum atomic E-state index is 13.6. The largest absolute Gasteiger partial charge is 0.490 e. The van der Waals surface area contributed by atoms with Crippen LogP contribution in [-0.2, 0) is 10.8 Å². The topological polar surface area (TPSA) is 64.3 Å². The van der Waals surface area contributed by atoms with Gasteiger partial charge in [0, 0.05) is 41.0 Å². The molecule has 0 aliphatic rings.